The molecule has 1 amide bonds. The lowest BCUT2D eigenvalue weighted by Gasteiger charge is -2.13. The molecular weight excluding hydrogens is 364 g/mol. The summed E-state index contributed by atoms with van der Waals surface area (Å²) in [5, 5.41) is 29.9. The number of phenolic OH excluding ortho intramolecular Hbond substituents is 2. The molecule has 1 saturated heterocycles. The Hall–Kier alpha value is -2.91. The number of nitro groups is 1. The Morgan fingerprint density at radius 1 is 1.16 bits per heavy atom. The van der Waals surface area contributed by atoms with Crippen molar-refractivity contribution in [2.24, 2.45) is 0 Å². The Balaban J connectivity index is 1.92. The first-order valence-electron chi connectivity index (χ1n) is 6.91. The van der Waals surface area contributed by atoms with Gasteiger partial charge < -0.3 is 10.2 Å². The van der Waals surface area contributed by atoms with Gasteiger partial charge in [0.05, 0.1) is 15.5 Å². The molecule has 0 aromatic heterocycles. The van der Waals surface area contributed by atoms with E-state index in [4.69, 9.17) is 12.2 Å². The summed E-state index contributed by atoms with van der Waals surface area (Å²) in [6, 6.07) is 9.52. The molecule has 3 rings (SSSR count). The van der Waals surface area contributed by atoms with Crippen LogP contribution < -0.4 is 4.90 Å². The quantitative estimate of drug-likeness (QED) is 0.367. The summed E-state index contributed by atoms with van der Waals surface area (Å²) in [5.74, 6) is -0.648. The van der Waals surface area contributed by atoms with Gasteiger partial charge >= 0.3 is 0 Å². The monoisotopic (exact) mass is 374 g/mol. The van der Waals surface area contributed by atoms with Gasteiger partial charge in [0.25, 0.3) is 11.6 Å². The van der Waals surface area contributed by atoms with Gasteiger partial charge in [-0.25, -0.2) is 0 Å². The maximum absolute atomic E-state index is 12.6. The second-order valence-electron chi connectivity index (χ2n) is 5.03. The highest BCUT2D eigenvalue weighted by Gasteiger charge is 2.33. The number of nitro benzene ring substituents is 1. The van der Waals surface area contributed by atoms with Crippen LogP contribution in [0.2, 0.25) is 0 Å². The van der Waals surface area contributed by atoms with Crippen LogP contribution in [0.3, 0.4) is 0 Å². The maximum Gasteiger partial charge on any atom is 0.270 e. The van der Waals surface area contributed by atoms with E-state index in [1.165, 1.54) is 53.4 Å². The van der Waals surface area contributed by atoms with Crippen LogP contribution in [0.5, 0.6) is 11.5 Å². The van der Waals surface area contributed by atoms with Crippen LogP contribution >= 0.6 is 24.0 Å². The van der Waals surface area contributed by atoms with Crippen LogP contribution in [0.15, 0.2) is 47.4 Å². The van der Waals surface area contributed by atoms with Crippen molar-refractivity contribution in [2.45, 2.75) is 0 Å². The number of carbonyl (C=O) groups is 1. The van der Waals surface area contributed by atoms with E-state index >= 15 is 0 Å². The van der Waals surface area contributed by atoms with E-state index in [1.807, 2.05) is 0 Å². The van der Waals surface area contributed by atoms with Crippen molar-refractivity contribution in [3.63, 3.8) is 0 Å². The first kappa shape index (κ1) is 16.9. The predicted molar refractivity (Wildman–Crippen MR) is 98.5 cm³/mol. The number of anilines is 1. The Kier molecular flexibility index (Phi) is 4.43. The van der Waals surface area contributed by atoms with Gasteiger partial charge in [-0.05, 0) is 30.3 Å². The van der Waals surface area contributed by atoms with Gasteiger partial charge in [-0.1, -0.05) is 24.0 Å². The number of non-ortho nitro benzene ring substituents is 1. The third-order valence-corrected chi connectivity index (χ3v) is 4.72. The van der Waals surface area contributed by atoms with Crippen molar-refractivity contribution >= 4 is 51.7 Å². The van der Waals surface area contributed by atoms with E-state index in [1.54, 1.807) is 0 Å². The maximum atomic E-state index is 12.6. The number of rotatable bonds is 3. The number of hydrogen-bond acceptors (Lipinski definition) is 7. The zero-order valence-corrected chi connectivity index (χ0v) is 14.1. The van der Waals surface area contributed by atoms with Gasteiger partial charge in [0.1, 0.15) is 11.5 Å². The molecule has 0 saturated carbocycles. The highest BCUT2D eigenvalue weighted by atomic mass is 32.2. The fourth-order valence-corrected chi connectivity index (χ4v) is 3.50. The van der Waals surface area contributed by atoms with Crippen molar-refractivity contribution in [3.8, 4) is 11.5 Å². The second-order valence-corrected chi connectivity index (χ2v) is 6.71. The van der Waals surface area contributed by atoms with Crippen molar-refractivity contribution in [2.75, 3.05) is 4.90 Å². The largest absolute Gasteiger partial charge is 0.508 e. The van der Waals surface area contributed by atoms with Crippen LogP contribution in [0, 0.1) is 10.1 Å². The summed E-state index contributed by atoms with van der Waals surface area (Å²) in [7, 11) is 0. The van der Waals surface area contributed by atoms with Gasteiger partial charge in [0.2, 0.25) is 0 Å². The number of thioether (sulfide) groups is 1. The molecule has 9 heteroatoms. The molecule has 25 heavy (non-hydrogen) atoms. The molecule has 2 N–H and O–H groups in total. The molecule has 0 unspecified atom stereocenters. The molecule has 1 heterocycles. The molecule has 1 fully saturated rings. The number of carbonyl (C=O) groups excluding carboxylic acids is 1. The van der Waals surface area contributed by atoms with Gasteiger partial charge in [0, 0.05) is 23.8 Å². The fraction of sp³-hybridized carbons (Fsp3) is 0. The first-order chi connectivity index (χ1) is 11.9. The van der Waals surface area contributed by atoms with E-state index in [2.05, 4.69) is 0 Å². The zero-order valence-electron chi connectivity index (χ0n) is 12.4. The summed E-state index contributed by atoms with van der Waals surface area (Å²) in [6.45, 7) is 0. The highest BCUT2D eigenvalue weighted by Crippen LogP contribution is 2.37. The molecule has 0 bridgehead atoms. The second kappa shape index (κ2) is 6.54. The summed E-state index contributed by atoms with van der Waals surface area (Å²) >= 11 is 6.28. The van der Waals surface area contributed by atoms with Crippen LogP contribution in [0.25, 0.3) is 6.08 Å². The SMILES string of the molecule is O=C1/C(=C/c2ccc(O)cc2O)SC(=S)N1c1ccc([N+](=O)[O-])cc1. The van der Waals surface area contributed by atoms with E-state index in [0.29, 0.717) is 16.2 Å². The lowest BCUT2D eigenvalue weighted by Crippen LogP contribution is -2.27. The number of thiocarbonyl (C=S) groups is 1. The minimum Gasteiger partial charge on any atom is -0.508 e. The average molecular weight is 374 g/mol. The van der Waals surface area contributed by atoms with E-state index in [0.717, 1.165) is 11.8 Å². The van der Waals surface area contributed by atoms with Crippen LogP contribution in [0.4, 0.5) is 11.4 Å². The summed E-state index contributed by atoms with van der Waals surface area (Å²) in [5.41, 5.74) is 0.701. The standard InChI is InChI=1S/C16H10N2O5S2/c19-12-6-1-9(13(20)8-12)7-14-15(21)17(16(24)25-14)10-2-4-11(5-3-10)18(22)23/h1-8,19-20H/b14-7-. The van der Waals surface area contributed by atoms with Gasteiger partial charge in [-0.2, -0.15) is 0 Å². The number of benzene rings is 2. The number of nitrogens with zero attached hydrogens (tertiary/aromatic N) is 2. The number of aromatic hydroxyl groups is 2. The number of phenols is 2. The Morgan fingerprint density at radius 2 is 1.84 bits per heavy atom. The van der Waals surface area contributed by atoms with Crippen LogP contribution in [-0.4, -0.2) is 25.4 Å². The van der Waals surface area contributed by atoms with Crippen molar-refractivity contribution in [3.05, 3.63) is 63.0 Å². The smallest absolute Gasteiger partial charge is 0.270 e. The van der Waals surface area contributed by atoms with Crippen LogP contribution in [0.1, 0.15) is 5.56 Å². The lowest BCUT2D eigenvalue weighted by atomic mass is 10.1. The predicted octanol–water partition coefficient (Wildman–Crippen LogP) is 3.41. The third kappa shape index (κ3) is 3.32. The lowest BCUT2D eigenvalue weighted by molar-refractivity contribution is -0.384. The van der Waals surface area contributed by atoms with E-state index in [9.17, 15) is 25.1 Å². The summed E-state index contributed by atoms with van der Waals surface area (Å²) in [6.07, 6.45) is 1.47. The molecule has 0 spiro atoms. The normalized spacial score (nSPS) is 15.8. The topological polar surface area (TPSA) is 104 Å². The first-order valence-corrected chi connectivity index (χ1v) is 8.13. The molecule has 1 aliphatic rings. The van der Waals surface area contributed by atoms with Crippen molar-refractivity contribution in [1.29, 1.82) is 0 Å². The van der Waals surface area contributed by atoms with Crippen molar-refractivity contribution in [1.82, 2.24) is 0 Å². The summed E-state index contributed by atoms with van der Waals surface area (Å²) in [4.78, 5) is 24.4. The third-order valence-electron chi connectivity index (χ3n) is 3.41. The molecule has 1 aliphatic heterocycles. The Morgan fingerprint density at radius 3 is 2.44 bits per heavy atom. The summed E-state index contributed by atoms with van der Waals surface area (Å²) < 4.78 is 0.281. The molecule has 0 atom stereocenters. The van der Waals surface area contributed by atoms with Gasteiger partial charge in [0.15, 0.2) is 4.32 Å². The molecule has 2 aromatic rings. The Labute approximate surface area is 151 Å². The zero-order chi connectivity index (χ0) is 18.1. The average Bonchev–Trinajstić information content (AvgIpc) is 2.84. The number of hydrogen-bond donors (Lipinski definition) is 2. The molecule has 126 valence electrons. The fourth-order valence-electron chi connectivity index (χ4n) is 2.21. The van der Waals surface area contributed by atoms with Gasteiger partial charge in [-0.3, -0.25) is 19.8 Å². The minimum atomic E-state index is -0.526. The minimum absolute atomic E-state index is 0.0845. The molecular formula is C16H10N2O5S2. The van der Waals surface area contributed by atoms with E-state index < -0.39 is 10.8 Å². The van der Waals surface area contributed by atoms with Crippen LogP contribution in [-0.2, 0) is 4.79 Å². The number of amides is 1. The molecule has 7 nitrogen and oxygen atoms in total. The molecule has 0 radical (unpaired) electrons. The molecule has 0 aliphatic carbocycles. The van der Waals surface area contributed by atoms with E-state index in [-0.39, 0.29) is 21.5 Å². The Bertz CT molecular complexity index is 925. The van der Waals surface area contributed by atoms with Gasteiger partial charge in [-0.15, -0.1) is 0 Å². The van der Waals surface area contributed by atoms with Crippen molar-refractivity contribution < 1.29 is 19.9 Å². The highest BCUT2D eigenvalue weighted by molar-refractivity contribution is 8.27. The molecule has 2 aromatic carbocycles.